The molecule has 2 fully saturated rings. The summed E-state index contributed by atoms with van der Waals surface area (Å²) in [6, 6.07) is 0. The van der Waals surface area contributed by atoms with Crippen molar-refractivity contribution < 1.29 is 14.6 Å². The van der Waals surface area contributed by atoms with E-state index in [0.29, 0.717) is 13.2 Å². The minimum atomic E-state index is -0.905. The first kappa shape index (κ1) is 8.01. The van der Waals surface area contributed by atoms with Gasteiger partial charge in [-0.1, -0.05) is 0 Å². The van der Waals surface area contributed by atoms with Crippen molar-refractivity contribution in [3.63, 3.8) is 0 Å². The largest absolute Gasteiger partial charge is 0.479 e. The molecule has 0 radical (unpaired) electrons. The number of carbonyl (C=O) groups is 1. The van der Waals surface area contributed by atoms with Crippen molar-refractivity contribution in [1.29, 1.82) is 0 Å². The molecule has 0 aromatic heterocycles. The molecule has 2 atom stereocenters. The molecule has 0 aromatic rings. The highest BCUT2D eigenvalue weighted by Crippen LogP contribution is 2.34. The maximum Gasteiger partial charge on any atom is 0.337 e. The van der Waals surface area contributed by atoms with Gasteiger partial charge in [0, 0.05) is 25.6 Å². The second-order valence-corrected chi connectivity index (χ2v) is 3.51. The van der Waals surface area contributed by atoms with Crippen molar-refractivity contribution in [2.45, 2.75) is 18.4 Å². The number of hydrogen-bond acceptors (Lipinski definition) is 3. The van der Waals surface area contributed by atoms with Crippen molar-refractivity contribution in [2.24, 2.45) is 5.92 Å². The number of carboxylic acid groups (broad SMARTS) is 1. The fourth-order valence-electron chi connectivity index (χ4n) is 2.14. The van der Waals surface area contributed by atoms with Gasteiger partial charge in [0.1, 0.15) is 0 Å². The van der Waals surface area contributed by atoms with Crippen LogP contribution in [0.2, 0.25) is 0 Å². The molecule has 2 saturated heterocycles. The monoisotopic (exact) mass is 171 g/mol. The van der Waals surface area contributed by atoms with Gasteiger partial charge in [0.25, 0.3) is 0 Å². The Balaban J connectivity index is 2.23. The second kappa shape index (κ2) is 2.71. The van der Waals surface area contributed by atoms with Crippen molar-refractivity contribution >= 4 is 5.97 Å². The number of hydrogen-bond donors (Lipinski definition) is 2. The molecule has 2 heterocycles. The highest BCUT2D eigenvalue weighted by Gasteiger charge is 2.51. The quantitative estimate of drug-likeness (QED) is 0.575. The van der Waals surface area contributed by atoms with Crippen LogP contribution in [0.1, 0.15) is 12.8 Å². The number of rotatable bonds is 1. The van der Waals surface area contributed by atoms with Crippen molar-refractivity contribution in [3.05, 3.63) is 0 Å². The van der Waals surface area contributed by atoms with Crippen LogP contribution in [0.25, 0.3) is 0 Å². The SMILES string of the molecule is O=C(O)[C@@]12CNCC1CCCO2. The summed E-state index contributed by atoms with van der Waals surface area (Å²) in [7, 11) is 0. The lowest BCUT2D eigenvalue weighted by atomic mass is 9.85. The lowest BCUT2D eigenvalue weighted by Gasteiger charge is -2.34. The topological polar surface area (TPSA) is 58.6 Å². The summed E-state index contributed by atoms with van der Waals surface area (Å²) in [5, 5.41) is 12.1. The average Bonchev–Trinajstić information content (AvgIpc) is 2.48. The molecule has 2 aliphatic heterocycles. The van der Waals surface area contributed by atoms with Gasteiger partial charge in [0.15, 0.2) is 5.60 Å². The Labute approximate surface area is 70.9 Å². The van der Waals surface area contributed by atoms with Crippen LogP contribution in [-0.2, 0) is 9.53 Å². The summed E-state index contributed by atoms with van der Waals surface area (Å²) >= 11 is 0. The van der Waals surface area contributed by atoms with E-state index in [1.54, 1.807) is 0 Å². The van der Waals surface area contributed by atoms with E-state index in [9.17, 15) is 4.79 Å². The molecule has 0 aliphatic carbocycles. The minimum Gasteiger partial charge on any atom is -0.479 e. The van der Waals surface area contributed by atoms with Gasteiger partial charge in [-0.25, -0.2) is 4.79 Å². The first-order valence-electron chi connectivity index (χ1n) is 4.34. The molecule has 0 spiro atoms. The first-order chi connectivity index (χ1) is 5.76. The summed E-state index contributed by atoms with van der Waals surface area (Å²) < 4.78 is 5.39. The van der Waals surface area contributed by atoms with Gasteiger partial charge in [-0.15, -0.1) is 0 Å². The maximum atomic E-state index is 11.0. The zero-order valence-corrected chi connectivity index (χ0v) is 6.88. The van der Waals surface area contributed by atoms with E-state index in [4.69, 9.17) is 9.84 Å². The fourth-order valence-corrected chi connectivity index (χ4v) is 2.14. The molecular weight excluding hydrogens is 158 g/mol. The fraction of sp³-hybridized carbons (Fsp3) is 0.875. The number of nitrogens with one attached hydrogen (secondary N) is 1. The van der Waals surface area contributed by atoms with Gasteiger partial charge < -0.3 is 15.2 Å². The second-order valence-electron chi connectivity index (χ2n) is 3.51. The van der Waals surface area contributed by atoms with E-state index < -0.39 is 11.6 Å². The Morgan fingerprint density at radius 1 is 1.67 bits per heavy atom. The van der Waals surface area contributed by atoms with E-state index in [1.165, 1.54) is 0 Å². The Kier molecular flexibility index (Phi) is 1.81. The third-order valence-electron chi connectivity index (χ3n) is 2.86. The number of ether oxygens (including phenoxy) is 1. The zero-order valence-electron chi connectivity index (χ0n) is 6.88. The molecule has 1 unspecified atom stereocenters. The van der Waals surface area contributed by atoms with Gasteiger partial charge in [0.05, 0.1) is 0 Å². The molecular formula is C8H13NO3. The third-order valence-corrected chi connectivity index (χ3v) is 2.86. The van der Waals surface area contributed by atoms with Crippen LogP contribution >= 0.6 is 0 Å². The van der Waals surface area contributed by atoms with E-state index >= 15 is 0 Å². The summed E-state index contributed by atoms with van der Waals surface area (Å²) in [6.07, 6.45) is 1.96. The van der Waals surface area contributed by atoms with Crippen LogP contribution in [-0.4, -0.2) is 36.4 Å². The number of fused-ring (bicyclic) bond motifs is 1. The van der Waals surface area contributed by atoms with Gasteiger partial charge in [-0.2, -0.15) is 0 Å². The van der Waals surface area contributed by atoms with Crippen LogP contribution in [0.4, 0.5) is 0 Å². The lowest BCUT2D eigenvalue weighted by Crippen LogP contribution is -2.51. The molecule has 68 valence electrons. The average molecular weight is 171 g/mol. The van der Waals surface area contributed by atoms with Gasteiger partial charge >= 0.3 is 5.97 Å². The van der Waals surface area contributed by atoms with Crippen LogP contribution in [0.3, 0.4) is 0 Å². The molecule has 4 nitrogen and oxygen atoms in total. The van der Waals surface area contributed by atoms with Crippen LogP contribution < -0.4 is 5.32 Å². The molecule has 2 N–H and O–H groups in total. The Morgan fingerprint density at radius 2 is 2.50 bits per heavy atom. The summed E-state index contributed by atoms with van der Waals surface area (Å²) in [5.74, 6) is -0.638. The zero-order chi connectivity index (χ0) is 8.60. The molecule has 0 amide bonds. The summed E-state index contributed by atoms with van der Waals surface area (Å²) in [5.41, 5.74) is -0.905. The van der Waals surface area contributed by atoms with Crippen LogP contribution in [0.5, 0.6) is 0 Å². The third kappa shape index (κ3) is 0.949. The van der Waals surface area contributed by atoms with Crippen molar-refractivity contribution in [1.82, 2.24) is 5.32 Å². The van der Waals surface area contributed by atoms with E-state index in [0.717, 1.165) is 19.4 Å². The predicted octanol–water partition coefficient (Wildman–Crippen LogP) is -0.160. The van der Waals surface area contributed by atoms with E-state index in [-0.39, 0.29) is 5.92 Å². The van der Waals surface area contributed by atoms with Crippen LogP contribution in [0.15, 0.2) is 0 Å². The first-order valence-corrected chi connectivity index (χ1v) is 4.34. The Bertz CT molecular complexity index is 206. The smallest absolute Gasteiger partial charge is 0.337 e. The van der Waals surface area contributed by atoms with Crippen LogP contribution in [0, 0.1) is 5.92 Å². The standard InChI is InChI=1S/C8H13NO3/c10-7(11)8-5-9-4-6(8)2-1-3-12-8/h6,9H,1-5H2,(H,10,11)/t6?,8-/m1/s1. The lowest BCUT2D eigenvalue weighted by molar-refractivity contribution is -0.175. The number of carboxylic acids is 1. The highest BCUT2D eigenvalue weighted by molar-refractivity contribution is 5.79. The van der Waals surface area contributed by atoms with Gasteiger partial charge in [-0.05, 0) is 12.8 Å². The van der Waals surface area contributed by atoms with E-state index in [2.05, 4.69) is 5.32 Å². The molecule has 0 bridgehead atoms. The normalized spacial score (nSPS) is 40.8. The summed E-state index contributed by atoms with van der Waals surface area (Å²) in [6.45, 7) is 1.84. The van der Waals surface area contributed by atoms with Gasteiger partial charge in [0.2, 0.25) is 0 Å². The van der Waals surface area contributed by atoms with Gasteiger partial charge in [-0.3, -0.25) is 0 Å². The summed E-state index contributed by atoms with van der Waals surface area (Å²) in [4.78, 5) is 11.0. The maximum absolute atomic E-state index is 11.0. The number of aliphatic carboxylic acids is 1. The molecule has 2 rings (SSSR count). The molecule has 12 heavy (non-hydrogen) atoms. The van der Waals surface area contributed by atoms with E-state index in [1.807, 2.05) is 0 Å². The Morgan fingerprint density at radius 3 is 3.17 bits per heavy atom. The molecule has 2 aliphatic rings. The highest BCUT2D eigenvalue weighted by atomic mass is 16.5. The molecule has 0 saturated carbocycles. The minimum absolute atomic E-state index is 0.170. The van der Waals surface area contributed by atoms with Crippen molar-refractivity contribution in [3.8, 4) is 0 Å². The predicted molar refractivity (Wildman–Crippen MR) is 41.9 cm³/mol. The Hall–Kier alpha value is -0.610. The van der Waals surface area contributed by atoms with Crippen molar-refractivity contribution in [2.75, 3.05) is 19.7 Å². The molecule has 0 aromatic carbocycles. The molecule has 4 heteroatoms.